The second-order valence-electron chi connectivity index (χ2n) is 7.32. The molecule has 2 aromatic carbocycles. The normalized spacial score (nSPS) is 20.5. The largest absolute Gasteiger partial charge is 0.334 e. The molecule has 2 unspecified atom stereocenters. The number of hydrogen-bond acceptors (Lipinski definition) is 2. The Morgan fingerprint density at radius 2 is 0.920 bits per heavy atom. The van der Waals surface area contributed by atoms with Crippen molar-refractivity contribution >= 4 is 34.6 Å². The van der Waals surface area contributed by atoms with Crippen molar-refractivity contribution in [1.82, 2.24) is 0 Å². The van der Waals surface area contributed by atoms with E-state index in [0.29, 0.717) is 6.67 Å². The van der Waals surface area contributed by atoms with Crippen molar-refractivity contribution in [2.75, 3.05) is 16.5 Å². The minimum atomic E-state index is -0.276. The van der Waals surface area contributed by atoms with Crippen LogP contribution in [0, 0.1) is 41.5 Å². The third-order valence-electron chi connectivity index (χ3n) is 4.97. The molecule has 0 N–H and O–H groups in total. The summed E-state index contributed by atoms with van der Waals surface area (Å²) in [5.74, 6) is 0. The summed E-state index contributed by atoms with van der Waals surface area (Å²) in [4.78, 5) is 4.45. The maximum absolute atomic E-state index is 6.78. The molecule has 1 fully saturated rings. The topological polar surface area (TPSA) is 6.48 Å². The molecule has 2 aromatic rings. The fraction of sp³-hybridized carbons (Fsp3) is 0.429. The van der Waals surface area contributed by atoms with E-state index in [1.165, 1.54) is 44.8 Å². The monoisotopic (exact) mass is 376 g/mol. The summed E-state index contributed by atoms with van der Waals surface area (Å²) in [7, 11) is 0. The third-order valence-corrected chi connectivity index (χ3v) is 6.05. The second kappa shape index (κ2) is 6.74. The predicted molar refractivity (Wildman–Crippen MR) is 110 cm³/mol. The zero-order valence-corrected chi connectivity index (χ0v) is 17.3. The van der Waals surface area contributed by atoms with Crippen LogP contribution in [0.4, 0.5) is 11.4 Å². The molecule has 0 aliphatic carbocycles. The number of anilines is 2. The first-order valence-electron chi connectivity index (χ1n) is 8.68. The van der Waals surface area contributed by atoms with Gasteiger partial charge >= 0.3 is 0 Å². The van der Waals surface area contributed by atoms with Crippen LogP contribution in [-0.2, 0) is 0 Å². The summed E-state index contributed by atoms with van der Waals surface area (Å²) in [5, 5.41) is 0. The number of alkyl halides is 2. The molecule has 0 bridgehead atoms. The molecule has 0 radical (unpaired) electrons. The smallest absolute Gasteiger partial charge is 0.140 e. The lowest BCUT2D eigenvalue weighted by molar-refractivity contribution is 0.875. The molecule has 3 rings (SSSR count). The van der Waals surface area contributed by atoms with E-state index in [2.05, 4.69) is 75.6 Å². The number of benzene rings is 2. The average molecular weight is 377 g/mol. The van der Waals surface area contributed by atoms with Crippen molar-refractivity contribution < 1.29 is 0 Å². The van der Waals surface area contributed by atoms with Crippen LogP contribution in [0.15, 0.2) is 24.3 Å². The molecule has 0 spiro atoms. The van der Waals surface area contributed by atoms with Gasteiger partial charge in [-0.2, -0.15) is 0 Å². The molecule has 134 valence electrons. The van der Waals surface area contributed by atoms with E-state index in [4.69, 9.17) is 23.2 Å². The third kappa shape index (κ3) is 3.22. The lowest BCUT2D eigenvalue weighted by atomic mass is 10.0. The highest BCUT2D eigenvalue weighted by atomic mass is 35.5. The quantitative estimate of drug-likeness (QED) is 0.471. The number of rotatable bonds is 2. The van der Waals surface area contributed by atoms with Gasteiger partial charge in [-0.1, -0.05) is 58.6 Å². The van der Waals surface area contributed by atoms with Gasteiger partial charge in [0.1, 0.15) is 11.0 Å². The summed E-state index contributed by atoms with van der Waals surface area (Å²) >= 11 is 13.6. The molecule has 2 nitrogen and oxygen atoms in total. The van der Waals surface area contributed by atoms with Crippen LogP contribution in [0.5, 0.6) is 0 Å². The van der Waals surface area contributed by atoms with Crippen LogP contribution in [0.2, 0.25) is 0 Å². The van der Waals surface area contributed by atoms with Gasteiger partial charge in [0, 0.05) is 11.4 Å². The molecule has 1 aliphatic rings. The van der Waals surface area contributed by atoms with E-state index in [0.717, 1.165) is 0 Å². The van der Waals surface area contributed by atoms with E-state index >= 15 is 0 Å². The van der Waals surface area contributed by atoms with E-state index in [-0.39, 0.29) is 11.0 Å². The summed E-state index contributed by atoms with van der Waals surface area (Å²) < 4.78 is 0. The Morgan fingerprint density at radius 3 is 1.20 bits per heavy atom. The number of halogens is 2. The Balaban J connectivity index is 2.03. The summed E-state index contributed by atoms with van der Waals surface area (Å²) in [6.07, 6.45) is 0. The van der Waals surface area contributed by atoms with Crippen LogP contribution in [0.3, 0.4) is 0 Å². The predicted octanol–water partition coefficient (Wildman–Crippen LogP) is 5.95. The van der Waals surface area contributed by atoms with Gasteiger partial charge in [0.15, 0.2) is 0 Å². The molecule has 1 heterocycles. The maximum atomic E-state index is 6.78. The zero-order valence-electron chi connectivity index (χ0n) is 15.8. The van der Waals surface area contributed by atoms with Crippen molar-refractivity contribution in [2.45, 2.75) is 52.5 Å². The SMILES string of the molecule is Cc1cc(C)c(N2CN(c3c(C)cc(C)cc3C)C(Cl)C2Cl)c(C)c1. The van der Waals surface area contributed by atoms with Crippen LogP contribution >= 0.6 is 23.2 Å². The fourth-order valence-electron chi connectivity index (χ4n) is 4.26. The average Bonchev–Trinajstić information content (AvgIpc) is 2.74. The number of nitrogens with zero attached hydrogens (tertiary/aromatic N) is 2. The summed E-state index contributed by atoms with van der Waals surface area (Å²) in [6, 6.07) is 8.83. The molecular weight excluding hydrogens is 351 g/mol. The highest BCUT2D eigenvalue weighted by molar-refractivity contribution is 6.32. The minimum Gasteiger partial charge on any atom is -0.334 e. The van der Waals surface area contributed by atoms with Crippen LogP contribution in [0.1, 0.15) is 33.4 Å². The molecule has 0 amide bonds. The Morgan fingerprint density at radius 1 is 0.640 bits per heavy atom. The van der Waals surface area contributed by atoms with Crippen molar-refractivity contribution in [1.29, 1.82) is 0 Å². The van der Waals surface area contributed by atoms with Gasteiger partial charge in [0.05, 0.1) is 6.67 Å². The first-order chi connectivity index (χ1) is 11.7. The van der Waals surface area contributed by atoms with Crippen molar-refractivity contribution in [3.8, 4) is 0 Å². The van der Waals surface area contributed by atoms with Gasteiger partial charge in [-0.05, 0) is 63.8 Å². The highest BCUT2D eigenvalue weighted by Gasteiger charge is 2.40. The van der Waals surface area contributed by atoms with E-state index in [1.54, 1.807) is 0 Å². The second-order valence-corrected chi connectivity index (χ2v) is 8.22. The minimum absolute atomic E-state index is 0.276. The molecule has 4 heteroatoms. The Hall–Kier alpha value is -1.38. The molecule has 0 aromatic heterocycles. The van der Waals surface area contributed by atoms with Gasteiger partial charge in [-0.3, -0.25) is 0 Å². The van der Waals surface area contributed by atoms with Gasteiger partial charge in [0.25, 0.3) is 0 Å². The van der Waals surface area contributed by atoms with E-state index in [9.17, 15) is 0 Å². The molecule has 1 saturated heterocycles. The molecule has 1 aliphatic heterocycles. The van der Waals surface area contributed by atoms with Gasteiger partial charge < -0.3 is 9.80 Å². The Bertz CT molecular complexity index is 702. The fourth-order valence-corrected chi connectivity index (χ4v) is 4.85. The Kier molecular flexibility index (Phi) is 4.96. The number of aryl methyl sites for hydroxylation is 6. The van der Waals surface area contributed by atoms with Crippen molar-refractivity contribution in [3.05, 3.63) is 57.6 Å². The van der Waals surface area contributed by atoms with E-state index in [1.807, 2.05) is 0 Å². The summed E-state index contributed by atoms with van der Waals surface area (Å²) in [6.45, 7) is 13.5. The van der Waals surface area contributed by atoms with Crippen molar-refractivity contribution in [2.24, 2.45) is 0 Å². The zero-order chi connectivity index (χ0) is 18.5. The highest BCUT2D eigenvalue weighted by Crippen LogP contribution is 2.40. The van der Waals surface area contributed by atoms with Gasteiger partial charge in [0.2, 0.25) is 0 Å². The van der Waals surface area contributed by atoms with Crippen LogP contribution in [-0.4, -0.2) is 17.7 Å². The van der Waals surface area contributed by atoms with Crippen LogP contribution < -0.4 is 9.80 Å². The van der Waals surface area contributed by atoms with Crippen LogP contribution in [0.25, 0.3) is 0 Å². The summed E-state index contributed by atoms with van der Waals surface area (Å²) in [5.41, 5.74) is 9.35. The molecule has 0 saturated carbocycles. The lowest BCUT2D eigenvalue weighted by Gasteiger charge is -2.27. The Labute approximate surface area is 161 Å². The molecule has 25 heavy (non-hydrogen) atoms. The van der Waals surface area contributed by atoms with Crippen molar-refractivity contribution in [3.63, 3.8) is 0 Å². The maximum Gasteiger partial charge on any atom is 0.140 e. The van der Waals surface area contributed by atoms with Gasteiger partial charge in [-0.15, -0.1) is 0 Å². The first-order valence-corrected chi connectivity index (χ1v) is 9.55. The van der Waals surface area contributed by atoms with Gasteiger partial charge in [-0.25, -0.2) is 0 Å². The number of hydrogen-bond donors (Lipinski definition) is 0. The molecular formula is C21H26Cl2N2. The standard InChI is InChI=1S/C21H26Cl2N2/c1-12-7-14(3)18(15(4)8-12)24-11-25(21(23)20(24)22)19-16(5)9-13(2)10-17(19)6/h7-10,20-21H,11H2,1-6H3. The van der Waals surface area contributed by atoms with E-state index < -0.39 is 0 Å². The molecule has 2 atom stereocenters. The first kappa shape index (κ1) is 18.4. The lowest BCUT2D eigenvalue weighted by Crippen LogP contribution is -2.29.